The van der Waals surface area contributed by atoms with Crippen molar-refractivity contribution in [1.29, 1.82) is 0 Å². The van der Waals surface area contributed by atoms with Crippen LogP contribution < -0.4 is 0 Å². The van der Waals surface area contributed by atoms with Crippen LogP contribution in [-0.4, -0.2) is 69.9 Å². The van der Waals surface area contributed by atoms with Gasteiger partial charge in [-0.05, 0) is 34.4 Å². The van der Waals surface area contributed by atoms with Gasteiger partial charge < -0.3 is 14.5 Å². The lowest BCUT2D eigenvalue weighted by Gasteiger charge is -2.33. The maximum atomic E-state index is 13.9. The summed E-state index contributed by atoms with van der Waals surface area (Å²) in [7, 11) is 3.32. The number of nitrogens with zero attached hydrogens (tertiary/aromatic N) is 5. The molecule has 2 heterocycles. The minimum absolute atomic E-state index is 0.168. The quantitative estimate of drug-likeness (QED) is 0.177. The number of halogens is 1. The Morgan fingerprint density at radius 1 is 0.927 bits per heavy atom. The maximum Gasteiger partial charge on any atom is 0.247 e. The van der Waals surface area contributed by atoms with Crippen molar-refractivity contribution >= 4 is 29.5 Å². The molecule has 2 amide bonds. The van der Waals surface area contributed by atoms with Gasteiger partial charge in [0.25, 0.3) is 0 Å². The molecule has 8 nitrogen and oxygen atoms in total. The predicted molar refractivity (Wildman–Crippen MR) is 160 cm³/mol. The molecule has 2 aromatic carbocycles. The second-order valence-electron chi connectivity index (χ2n) is 9.50. The molecule has 2 aromatic heterocycles. The molecular weight excluding hydrogens is 538 g/mol. The van der Waals surface area contributed by atoms with Crippen molar-refractivity contribution in [3.8, 4) is 11.1 Å². The first-order valence-corrected chi connectivity index (χ1v) is 13.5. The molecule has 0 saturated carbocycles. The molecule has 9 heteroatoms. The molecule has 0 aliphatic rings. The highest BCUT2D eigenvalue weighted by Crippen LogP contribution is 2.21. The van der Waals surface area contributed by atoms with Gasteiger partial charge in [0.2, 0.25) is 11.8 Å². The number of aromatic nitrogens is 3. The molecule has 41 heavy (non-hydrogen) atoms. The third-order valence-corrected chi connectivity index (χ3v) is 6.82. The average Bonchev–Trinajstić information content (AvgIpc) is 3.02. The van der Waals surface area contributed by atoms with Gasteiger partial charge in [0.1, 0.15) is 17.5 Å². The monoisotopic (exact) mass is 569 g/mol. The van der Waals surface area contributed by atoms with Gasteiger partial charge in [0.15, 0.2) is 0 Å². The molecule has 0 spiro atoms. The lowest BCUT2D eigenvalue weighted by Crippen LogP contribution is -2.51. The van der Waals surface area contributed by atoms with Gasteiger partial charge in [-0.1, -0.05) is 72.3 Å². The number of amides is 2. The Kier molecular flexibility index (Phi) is 10.7. The van der Waals surface area contributed by atoms with Gasteiger partial charge in [-0.15, -0.1) is 0 Å². The van der Waals surface area contributed by atoms with Crippen LogP contribution in [0.15, 0.2) is 97.7 Å². The highest BCUT2D eigenvalue weighted by Gasteiger charge is 2.31. The Balaban J connectivity index is 1.68. The van der Waals surface area contributed by atoms with Crippen molar-refractivity contribution in [1.82, 2.24) is 24.8 Å². The predicted octanol–water partition coefficient (Wildman–Crippen LogP) is 4.95. The zero-order chi connectivity index (χ0) is 29.0. The van der Waals surface area contributed by atoms with Crippen LogP contribution in [0.5, 0.6) is 0 Å². The summed E-state index contributed by atoms with van der Waals surface area (Å²) in [5, 5.41) is 0.369. The molecule has 4 aromatic rings. The fraction of sp³-hybridized carbons (Fsp3) is 0.219. The van der Waals surface area contributed by atoms with Crippen LogP contribution in [0.25, 0.3) is 17.2 Å². The summed E-state index contributed by atoms with van der Waals surface area (Å²) in [6, 6.07) is 20.2. The summed E-state index contributed by atoms with van der Waals surface area (Å²) in [5.74, 6) is -0.464. The van der Waals surface area contributed by atoms with E-state index in [0.717, 1.165) is 27.8 Å². The fourth-order valence-electron chi connectivity index (χ4n) is 4.30. The van der Waals surface area contributed by atoms with Crippen LogP contribution in [0.1, 0.15) is 16.7 Å². The van der Waals surface area contributed by atoms with E-state index in [1.807, 2.05) is 54.6 Å². The van der Waals surface area contributed by atoms with Gasteiger partial charge in [-0.25, -0.2) is 15.0 Å². The summed E-state index contributed by atoms with van der Waals surface area (Å²) in [6.07, 6.45) is 10.1. The second-order valence-corrected chi connectivity index (χ2v) is 9.88. The van der Waals surface area contributed by atoms with E-state index >= 15 is 0 Å². The van der Waals surface area contributed by atoms with E-state index in [-0.39, 0.29) is 18.4 Å². The molecule has 1 atom stereocenters. The number of likely N-dealkylation sites (N-methyl/N-ethyl adjacent to an activating group) is 1. The first-order chi connectivity index (χ1) is 19.9. The van der Waals surface area contributed by atoms with Gasteiger partial charge >= 0.3 is 0 Å². The first-order valence-electron chi connectivity index (χ1n) is 13.2. The highest BCUT2D eigenvalue weighted by molar-refractivity contribution is 6.29. The Hall–Kier alpha value is -4.40. The largest absolute Gasteiger partial charge is 0.383 e. The molecule has 0 fully saturated rings. The fourth-order valence-corrected chi connectivity index (χ4v) is 4.41. The van der Waals surface area contributed by atoms with Crippen LogP contribution in [0.4, 0.5) is 0 Å². The van der Waals surface area contributed by atoms with E-state index < -0.39 is 6.04 Å². The average molecular weight is 570 g/mol. The van der Waals surface area contributed by atoms with Crippen molar-refractivity contribution < 1.29 is 14.3 Å². The molecule has 210 valence electrons. The minimum atomic E-state index is -0.748. The van der Waals surface area contributed by atoms with E-state index in [9.17, 15) is 9.59 Å². The van der Waals surface area contributed by atoms with Gasteiger partial charge in [-0.3, -0.25) is 9.59 Å². The number of rotatable bonds is 12. The van der Waals surface area contributed by atoms with E-state index in [0.29, 0.717) is 24.7 Å². The molecule has 0 aliphatic carbocycles. The van der Waals surface area contributed by atoms with Crippen LogP contribution in [0.2, 0.25) is 5.15 Å². The molecule has 4 rings (SSSR count). The third kappa shape index (κ3) is 8.54. The van der Waals surface area contributed by atoms with Crippen molar-refractivity contribution in [2.45, 2.75) is 19.0 Å². The molecule has 0 bridgehead atoms. The molecule has 0 N–H and O–H groups in total. The Bertz CT molecular complexity index is 1430. The van der Waals surface area contributed by atoms with Crippen molar-refractivity contribution in [2.24, 2.45) is 0 Å². The maximum absolute atomic E-state index is 13.9. The molecule has 0 radical (unpaired) electrons. The number of methoxy groups -OCH3 is 1. The summed E-state index contributed by atoms with van der Waals surface area (Å²) >= 11 is 5.92. The van der Waals surface area contributed by atoms with E-state index in [2.05, 4.69) is 15.0 Å². The topological polar surface area (TPSA) is 88.5 Å². The summed E-state index contributed by atoms with van der Waals surface area (Å²) in [4.78, 5) is 43.2. The van der Waals surface area contributed by atoms with E-state index in [1.165, 1.54) is 12.4 Å². The number of carbonyl (C=O) groups excluding carboxylic acids is 2. The lowest BCUT2D eigenvalue weighted by atomic mass is 10.0. The van der Waals surface area contributed by atoms with Crippen molar-refractivity contribution in [2.75, 3.05) is 27.3 Å². The number of benzene rings is 2. The summed E-state index contributed by atoms with van der Waals surface area (Å²) in [5.41, 5.74) is 4.40. The normalized spacial score (nSPS) is 11.8. The minimum Gasteiger partial charge on any atom is -0.383 e. The van der Waals surface area contributed by atoms with Crippen LogP contribution in [0, 0.1) is 0 Å². The summed E-state index contributed by atoms with van der Waals surface area (Å²) in [6.45, 7) is 1.03. The first kappa shape index (κ1) is 29.6. The molecule has 0 aliphatic heterocycles. The second kappa shape index (κ2) is 14.8. The zero-order valence-electron chi connectivity index (χ0n) is 23.1. The lowest BCUT2D eigenvalue weighted by molar-refractivity contribution is -0.143. The number of hydrogen-bond acceptors (Lipinski definition) is 6. The standard InChI is InChI=1S/C32H32ClN5O3/c1-37(16-17-41-2)32(40)29(18-24-6-4-3-5-7-24)38(31(39)15-11-25-10-14-30(33)36-19-25)22-26-8-12-27(13-9-26)28-20-34-23-35-21-28/h3-15,19-21,23,29H,16-18,22H2,1-2H3/t29-/m0/s1. The molecule has 0 unspecified atom stereocenters. The smallest absolute Gasteiger partial charge is 0.247 e. The molecule has 0 saturated heterocycles. The van der Waals surface area contributed by atoms with Gasteiger partial charge in [0.05, 0.1) is 6.61 Å². The number of ether oxygens (including phenoxy) is 1. The van der Waals surface area contributed by atoms with Crippen molar-refractivity contribution in [3.05, 3.63) is 120 Å². The van der Waals surface area contributed by atoms with E-state index in [4.69, 9.17) is 16.3 Å². The SMILES string of the molecule is COCCN(C)C(=O)[C@H](Cc1ccccc1)N(Cc1ccc(-c2cncnc2)cc1)C(=O)C=Cc1ccc(Cl)nc1. The van der Waals surface area contributed by atoms with Crippen LogP contribution >= 0.6 is 11.6 Å². The van der Waals surface area contributed by atoms with Gasteiger partial charge in [-0.2, -0.15) is 0 Å². The Morgan fingerprint density at radius 3 is 2.32 bits per heavy atom. The van der Waals surface area contributed by atoms with Gasteiger partial charge in [0, 0.05) is 63.9 Å². The highest BCUT2D eigenvalue weighted by atomic mass is 35.5. The molecular formula is C32H32ClN5O3. The van der Waals surface area contributed by atoms with E-state index in [1.54, 1.807) is 60.8 Å². The van der Waals surface area contributed by atoms with Crippen LogP contribution in [0.3, 0.4) is 0 Å². The number of carbonyl (C=O) groups is 2. The Labute approximate surface area is 245 Å². The summed E-state index contributed by atoms with van der Waals surface area (Å²) < 4.78 is 5.20. The van der Waals surface area contributed by atoms with Crippen LogP contribution in [-0.2, 0) is 27.3 Å². The zero-order valence-corrected chi connectivity index (χ0v) is 23.8. The number of pyridine rings is 1. The third-order valence-electron chi connectivity index (χ3n) is 6.59. The Morgan fingerprint density at radius 2 is 1.66 bits per heavy atom. The van der Waals surface area contributed by atoms with Crippen molar-refractivity contribution in [3.63, 3.8) is 0 Å². The number of hydrogen-bond donors (Lipinski definition) is 0.